The third-order valence-corrected chi connectivity index (χ3v) is 6.56. The molecule has 0 bridgehead atoms. The summed E-state index contributed by atoms with van der Waals surface area (Å²) in [5.41, 5.74) is -0.887. The summed E-state index contributed by atoms with van der Waals surface area (Å²) in [4.78, 5) is 77.1. The molecule has 2 aromatic carbocycles. The molecule has 0 aromatic heterocycles. The Morgan fingerprint density at radius 1 is 0.796 bits per heavy atom. The average Bonchev–Trinajstić information content (AvgIpc) is 2.97. The van der Waals surface area contributed by atoms with Gasteiger partial charge in [0, 0.05) is 22.2 Å². The Hall–Kier alpha value is -4.47. The molecule has 0 heterocycles. The molecule has 0 unspecified atom stereocenters. The highest BCUT2D eigenvalue weighted by atomic mass is 35.5. The SMILES string of the molecule is CC(C)(C)OC(=O)C[C@H](NC(=O)OC(C)(C)C)C(=O)NCC(=O)OCN(C(=O)NCc1ccc(Cl)cc1)C(=S)NC(=O)c1ccc(Cl)cc1. The Morgan fingerprint density at radius 3 is 1.90 bits per heavy atom. The van der Waals surface area contributed by atoms with Crippen molar-refractivity contribution < 1.29 is 43.0 Å². The topological polar surface area (TPSA) is 181 Å². The van der Waals surface area contributed by atoms with Crippen LogP contribution in [0.5, 0.6) is 0 Å². The normalized spacial score (nSPS) is 11.7. The molecule has 5 amide bonds. The molecule has 0 spiro atoms. The van der Waals surface area contributed by atoms with Gasteiger partial charge in [-0.3, -0.25) is 24.5 Å². The second-order valence-corrected chi connectivity index (χ2v) is 13.6. The molecule has 0 fully saturated rings. The van der Waals surface area contributed by atoms with Crippen LogP contribution in [0.15, 0.2) is 48.5 Å². The zero-order valence-electron chi connectivity index (χ0n) is 27.8. The van der Waals surface area contributed by atoms with Crippen LogP contribution in [0.1, 0.15) is 63.9 Å². The van der Waals surface area contributed by atoms with Crippen LogP contribution in [0.25, 0.3) is 0 Å². The molecule has 14 nitrogen and oxygen atoms in total. The van der Waals surface area contributed by atoms with Crippen molar-refractivity contribution in [3.05, 3.63) is 69.7 Å². The van der Waals surface area contributed by atoms with Crippen LogP contribution in [0, 0.1) is 0 Å². The van der Waals surface area contributed by atoms with Gasteiger partial charge in [-0.05, 0) is 95.7 Å². The number of hydrogen-bond donors (Lipinski definition) is 4. The van der Waals surface area contributed by atoms with Gasteiger partial charge in [0.05, 0.1) is 6.42 Å². The number of hydrogen-bond acceptors (Lipinski definition) is 10. The minimum Gasteiger partial charge on any atom is -0.460 e. The summed E-state index contributed by atoms with van der Waals surface area (Å²) >= 11 is 17.1. The first-order valence-electron chi connectivity index (χ1n) is 14.8. The van der Waals surface area contributed by atoms with E-state index in [1.807, 2.05) is 0 Å². The highest BCUT2D eigenvalue weighted by Crippen LogP contribution is 2.13. The van der Waals surface area contributed by atoms with E-state index in [1.165, 1.54) is 24.3 Å². The summed E-state index contributed by atoms with van der Waals surface area (Å²) < 4.78 is 15.6. The van der Waals surface area contributed by atoms with E-state index in [0.29, 0.717) is 15.6 Å². The van der Waals surface area contributed by atoms with Crippen LogP contribution in [-0.4, -0.2) is 76.4 Å². The van der Waals surface area contributed by atoms with Gasteiger partial charge >= 0.3 is 24.1 Å². The zero-order valence-corrected chi connectivity index (χ0v) is 30.1. The van der Waals surface area contributed by atoms with E-state index in [2.05, 4.69) is 21.3 Å². The second-order valence-electron chi connectivity index (χ2n) is 12.3. The lowest BCUT2D eigenvalue weighted by Crippen LogP contribution is -2.52. The average molecular weight is 741 g/mol. The molecule has 0 aliphatic carbocycles. The number of nitrogens with zero attached hydrogens (tertiary/aromatic N) is 1. The minimum absolute atomic E-state index is 0.0356. The van der Waals surface area contributed by atoms with E-state index in [-0.39, 0.29) is 12.1 Å². The number of amides is 5. The summed E-state index contributed by atoms with van der Waals surface area (Å²) in [6, 6.07) is 10.2. The number of urea groups is 1. The van der Waals surface area contributed by atoms with Gasteiger partial charge in [0.25, 0.3) is 5.91 Å². The fourth-order valence-corrected chi connectivity index (χ4v) is 4.08. The fourth-order valence-electron chi connectivity index (χ4n) is 3.60. The van der Waals surface area contributed by atoms with E-state index < -0.39 is 77.9 Å². The first-order valence-corrected chi connectivity index (χ1v) is 15.9. The number of alkyl carbamates (subject to hydrolysis) is 1. The van der Waals surface area contributed by atoms with Crippen LogP contribution in [0.4, 0.5) is 9.59 Å². The van der Waals surface area contributed by atoms with E-state index in [0.717, 1.165) is 4.90 Å². The molecule has 2 aromatic rings. The van der Waals surface area contributed by atoms with E-state index in [9.17, 15) is 28.8 Å². The van der Waals surface area contributed by atoms with E-state index in [4.69, 9.17) is 49.6 Å². The van der Waals surface area contributed by atoms with Crippen LogP contribution in [-0.2, 0) is 35.1 Å². The maximum absolute atomic E-state index is 13.1. The van der Waals surface area contributed by atoms with Gasteiger partial charge in [-0.2, -0.15) is 0 Å². The van der Waals surface area contributed by atoms with Crippen molar-refractivity contribution in [2.45, 2.75) is 71.8 Å². The van der Waals surface area contributed by atoms with Crippen LogP contribution in [0.2, 0.25) is 10.0 Å². The van der Waals surface area contributed by atoms with Gasteiger partial charge in [-0.15, -0.1) is 0 Å². The largest absolute Gasteiger partial charge is 0.460 e. The number of carbonyl (C=O) groups is 6. The van der Waals surface area contributed by atoms with E-state index in [1.54, 1.807) is 65.8 Å². The molecule has 0 saturated carbocycles. The molecular weight excluding hydrogens is 701 g/mol. The third-order valence-electron chi connectivity index (χ3n) is 5.73. The first-order chi connectivity index (χ1) is 22.7. The number of nitrogens with one attached hydrogen (secondary N) is 4. The summed E-state index contributed by atoms with van der Waals surface area (Å²) in [5.74, 6) is -3.40. The van der Waals surface area contributed by atoms with Crippen molar-refractivity contribution in [1.29, 1.82) is 0 Å². The van der Waals surface area contributed by atoms with Crippen molar-refractivity contribution in [2.75, 3.05) is 13.3 Å². The van der Waals surface area contributed by atoms with Gasteiger partial charge in [-0.1, -0.05) is 35.3 Å². The Morgan fingerprint density at radius 2 is 1.35 bits per heavy atom. The molecule has 17 heteroatoms. The van der Waals surface area contributed by atoms with Crippen LogP contribution >= 0.6 is 35.4 Å². The summed E-state index contributed by atoms with van der Waals surface area (Å²) in [5, 5.41) is 10.1. The molecule has 1 atom stereocenters. The number of rotatable bonds is 11. The lowest BCUT2D eigenvalue weighted by atomic mass is 10.1. The molecule has 0 saturated heterocycles. The van der Waals surface area contributed by atoms with Gasteiger partial charge in [0.15, 0.2) is 11.8 Å². The molecule has 0 radical (unpaired) electrons. The molecule has 2 rings (SSSR count). The lowest BCUT2D eigenvalue weighted by molar-refractivity contribution is -0.156. The molecule has 0 aliphatic heterocycles. The van der Waals surface area contributed by atoms with E-state index >= 15 is 0 Å². The standard InChI is InChI=1S/C32H39Cl2N5O9S/c1-31(2,3)47-24(40)15-23(37-30(45)48-32(4,5)6)27(43)35-17-25(41)46-18-39(28(44)36-16-19-7-11-21(33)12-8-19)29(49)38-26(42)20-9-13-22(34)14-10-20/h7-14,23H,15-18H2,1-6H3,(H,35,43)(H,36,44)(H,37,45)(H,38,42,49)/t23-/m0/s1. The van der Waals surface area contributed by atoms with Crippen LogP contribution in [0.3, 0.4) is 0 Å². The van der Waals surface area contributed by atoms with Crippen molar-refractivity contribution in [3.63, 3.8) is 0 Å². The Kier molecular flexibility index (Phi) is 15.2. The molecule has 49 heavy (non-hydrogen) atoms. The highest BCUT2D eigenvalue weighted by Gasteiger charge is 2.30. The minimum atomic E-state index is -1.47. The molecule has 4 N–H and O–H groups in total. The zero-order chi connectivity index (χ0) is 36.9. The van der Waals surface area contributed by atoms with Crippen molar-refractivity contribution in [2.24, 2.45) is 0 Å². The van der Waals surface area contributed by atoms with Gasteiger partial charge in [-0.25, -0.2) is 14.5 Å². The lowest BCUT2D eigenvalue weighted by Gasteiger charge is -2.25. The number of carbonyl (C=O) groups excluding carboxylic acids is 6. The van der Waals surface area contributed by atoms with Crippen molar-refractivity contribution in [1.82, 2.24) is 26.2 Å². The van der Waals surface area contributed by atoms with Crippen molar-refractivity contribution >= 4 is 76.4 Å². The predicted molar refractivity (Wildman–Crippen MR) is 185 cm³/mol. The molecular formula is C32H39Cl2N5O9S. The fraction of sp³-hybridized carbons (Fsp3) is 0.406. The highest BCUT2D eigenvalue weighted by molar-refractivity contribution is 7.80. The first kappa shape index (κ1) is 40.7. The van der Waals surface area contributed by atoms with Crippen LogP contribution < -0.4 is 21.3 Å². The van der Waals surface area contributed by atoms with Gasteiger partial charge < -0.3 is 30.2 Å². The Balaban J connectivity index is 2.10. The number of thiocarbonyl (C=S) groups is 1. The monoisotopic (exact) mass is 739 g/mol. The van der Waals surface area contributed by atoms with Gasteiger partial charge in [0.1, 0.15) is 23.8 Å². The number of esters is 2. The predicted octanol–water partition coefficient (Wildman–Crippen LogP) is 4.46. The molecule has 266 valence electrons. The number of ether oxygens (including phenoxy) is 3. The summed E-state index contributed by atoms with van der Waals surface area (Å²) in [7, 11) is 0. The quantitative estimate of drug-likeness (QED) is 0.111. The van der Waals surface area contributed by atoms with Gasteiger partial charge in [0.2, 0.25) is 5.91 Å². The van der Waals surface area contributed by atoms with Crippen molar-refractivity contribution in [3.8, 4) is 0 Å². The smallest absolute Gasteiger partial charge is 0.408 e. The summed E-state index contributed by atoms with van der Waals surface area (Å²) in [6.45, 7) is 8.27. The number of benzene rings is 2. The third kappa shape index (κ3) is 16.0. The maximum Gasteiger partial charge on any atom is 0.408 e. The molecule has 0 aliphatic rings. The Labute approximate surface area is 299 Å². The number of halogens is 2. The Bertz CT molecular complexity index is 1500. The second kappa shape index (κ2) is 18.3. The summed E-state index contributed by atoms with van der Waals surface area (Å²) in [6.07, 6.45) is -1.55. The maximum atomic E-state index is 13.1.